The van der Waals surface area contributed by atoms with E-state index in [1.54, 1.807) is 19.2 Å². The Morgan fingerprint density at radius 1 is 0.958 bits per heavy atom. The normalized spacial score (nSPS) is 10.8. The number of fused-ring (bicyclic) bond motifs is 1. The Kier molecular flexibility index (Phi) is 5.23. The zero-order valence-corrected chi connectivity index (χ0v) is 13.4. The summed E-state index contributed by atoms with van der Waals surface area (Å²) in [5.74, 6) is 0.150. The van der Waals surface area contributed by atoms with Crippen LogP contribution >= 0.6 is 0 Å². The lowest BCUT2D eigenvalue weighted by atomic mass is 10.2. The van der Waals surface area contributed by atoms with Gasteiger partial charge in [0.2, 0.25) is 0 Å². The Bertz CT molecular complexity index is 808. The fourth-order valence-electron chi connectivity index (χ4n) is 2.26. The maximum Gasteiger partial charge on any atom is 0.251 e. The lowest BCUT2D eigenvalue weighted by molar-refractivity contribution is 0.141. The molecule has 0 saturated carbocycles. The largest absolute Gasteiger partial charge is 0.489 e. The van der Waals surface area contributed by atoms with E-state index in [1.165, 1.54) is 6.07 Å². The van der Waals surface area contributed by atoms with Crippen molar-refractivity contribution in [3.63, 3.8) is 0 Å². The summed E-state index contributed by atoms with van der Waals surface area (Å²) >= 11 is 0. The van der Waals surface area contributed by atoms with Gasteiger partial charge in [0.25, 0.3) is 5.88 Å². The van der Waals surface area contributed by atoms with Crippen LogP contribution in [0, 0.1) is 5.82 Å². The number of pyridine rings is 1. The van der Waals surface area contributed by atoms with Crippen LogP contribution in [-0.2, 0) is 11.3 Å². The lowest BCUT2D eigenvalue weighted by Crippen LogP contribution is -2.06. The average molecular weight is 327 g/mol. The van der Waals surface area contributed by atoms with Crippen molar-refractivity contribution >= 4 is 10.9 Å². The molecule has 1 heterocycles. The molecule has 3 aromatic rings. The minimum Gasteiger partial charge on any atom is -0.489 e. The zero-order chi connectivity index (χ0) is 16.8. The van der Waals surface area contributed by atoms with Crippen molar-refractivity contribution in [2.24, 2.45) is 0 Å². The van der Waals surface area contributed by atoms with Gasteiger partial charge in [-0.2, -0.15) is 0 Å². The smallest absolute Gasteiger partial charge is 0.251 e. The van der Waals surface area contributed by atoms with Gasteiger partial charge in [0.05, 0.1) is 12.1 Å². The summed E-state index contributed by atoms with van der Waals surface area (Å²) in [7, 11) is 1.56. The number of aromatic nitrogens is 1. The highest BCUT2D eigenvalue weighted by Gasteiger charge is 2.09. The van der Waals surface area contributed by atoms with E-state index in [0.29, 0.717) is 29.9 Å². The van der Waals surface area contributed by atoms with E-state index in [4.69, 9.17) is 14.2 Å². The predicted molar refractivity (Wildman–Crippen MR) is 89.8 cm³/mol. The van der Waals surface area contributed by atoms with Crippen molar-refractivity contribution in [1.29, 1.82) is 0 Å². The van der Waals surface area contributed by atoms with E-state index in [9.17, 15) is 4.39 Å². The van der Waals surface area contributed by atoms with Crippen LogP contribution in [-0.4, -0.2) is 25.3 Å². The second kappa shape index (κ2) is 7.75. The number of ether oxygens (including phenoxy) is 3. The summed E-state index contributed by atoms with van der Waals surface area (Å²) in [6, 6.07) is 16.6. The summed E-state index contributed by atoms with van der Waals surface area (Å²) in [5.41, 5.74) is 1.72. The fraction of sp³-hybridized carbons (Fsp3) is 0.211. The molecule has 0 fully saturated rings. The maximum atomic E-state index is 14.1. The molecular formula is C19H18FNO3. The van der Waals surface area contributed by atoms with E-state index in [0.717, 1.165) is 5.56 Å². The van der Waals surface area contributed by atoms with Crippen molar-refractivity contribution < 1.29 is 18.6 Å². The van der Waals surface area contributed by atoms with E-state index in [-0.39, 0.29) is 12.5 Å². The third-order valence-corrected chi connectivity index (χ3v) is 3.48. The number of benzene rings is 2. The van der Waals surface area contributed by atoms with Crippen LogP contribution in [0.15, 0.2) is 54.6 Å². The second-order valence-corrected chi connectivity index (χ2v) is 5.25. The summed E-state index contributed by atoms with van der Waals surface area (Å²) in [4.78, 5) is 4.20. The molecule has 1 aromatic heterocycles. The van der Waals surface area contributed by atoms with Gasteiger partial charge in [0.15, 0.2) is 5.82 Å². The molecule has 0 unspecified atom stereocenters. The molecule has 0 saturated heterocycles. The first-order valence-corrected chi connectivity index (χ1v) is 7.65. The number of methoxy groups -OCH3 is 1. The van der Waals surface area contributed by atoms with Gasteiger partial charge in [-0.1, -0.05) is 30.3 Å². The van der Waals surface area contributed by atoms with Crippen LogP contribution in [0.3, 0.4) is 0 Å². The van der Waals surface area contributed by atoms with Crippen LogP contribution in [0.4, 0.5) is 4.39 Å². The topological polar surface area (TPSA) is 40.6 Å². The quantitative estimate of drug-likeness (QED) is 0.616. The molecule has 2 aromatic carbocycles. The molecule has 0 spiro atoms. The van der Waals surface area contributed by atoms with Crippen molar-refractivity contribution in [3.05, 3.63) is 66.0 Å². The Morgan fingerprint density at radius 3 is 2.58 bits per heavy atom. The van der Waals surface area contributed by atoms with Gasteiger partial charge in [0.1, 0.15) is 19.0 Å². The van der Waals surface area contributed by atoms with Crippen LogP contribution in [0.5, 0.6) is 11.6 Å². The number of halogens is 1. The molecule has 0 aliphatic rings. The summed E-state index contributed by atoms with van der Waals surface area (Å²) in [5, 5.41) is 0.664. The standard InChI is InChI=1S/C19H18FNO3/c1-22-9-10-23-19-17(20)12-15-11-16(7-8-18(15)21-19)24-13-14-5-3-2-4-6-14/h2-8,11-12H,9-10,13H2,1H3. The number of rotatable bonds is 7. The van der Waals surface area contributed by atoms with Gasteiger partial charge in [-0.3, -0.25) is 0 Å². The molecule has 124 valence electrons. The SMILES string of the molecule is COCCOc1nc2ccc(OCc3ccccc3)cc2cc1F. The Balaban J connectivity index is 1.74. The first kappa shape index (κ1) is 16.2. The number of nitrogens with zero attached hydrogens (tertiary/aromatic N) is 1. The molecule has 0 aliphatic carbocycles. The zero-order valence-electron chi connectivity index (χ0n) is 13.4. The summed E-state index contributed by atoms with van der Waals surface area (Å²) < 4.78 is 30.0. The van der Waals surface area contributed by atoms with Crippen LogP contribution in [0.2, 0.25) is 0 Å². The van der Waals surface area contributed by atoms with Crippen molar-refractivity contribution in [3.8, 4) is 11.6 Å². The van der Waals surface area contributed by atoms with Gasteiger partial charge in [0, 0.05) is 12.5 Å². The van der Waals surface area contributed by atoms with Crippen LogP contribution in [0.25, 0.3) is 10.9 Å². The Labute approximate surface area is 139 Å². The molecule has 0 atom stereocenters. The van der Waals surface area contributed by atoms with E-state index in [1.807, 2.05) is 36.4 Å². The lowest BCUT2D eigenvalue weighted by Gasteiger charge is -2.09. The van der Waals surface area contributed by atoms with Crippen molar-refractivity contribution in [2.45, 2.75) is 6.61 Å². The first-order valence-electron chi connectivity index (χ1n) is 7.65. The molecule has 0 bridgehead atoms. The monoisotopic (exact) mass is 327 g/mol. The molecule has 24 heavy (non-hydrogen) atoms. The third kappa shape index (κ3) is 4.00. The summed E-state index contributed by atoms with van der Waals surface area (Å²) in [6.07, 6.45) is 0. The predicted octanol–water partition coefficient (Wildman–Crippen LogP) is 3.98. The third-order valence-electron chi connectivity index (χ3n) is 3.48. The highest BCUT2D eigenvalue weighted by Crippen LogP contribution is 2.25. The summed E-state index contributed by atoms with van der Waals surface area (Å²) in [6.45, 7) is 1.09. The molecule has 4 nitrogen and oxygen atoms in total. The molecule has 5 heteroatoms. The van der Waals surface area contributed by atoms with Gasteiger partial charge in [-0.25, -0.2) is 9.37 Å². The van der Waals surface area contributed by atoms with Gasteiger partial charge >= 0.3 is 0 Å². The maximum absolute atomic E-state index is 14.1. The number of hydrogen-bond donors (Lipinski definition) is 0. The van der Waals surface area contributed by atoms with Crippen molar-refractivity contribution in [2.75, 3.05) is 20.3 Å². The van der Waals surface area contributed by atoms with Crippen molar-refractivity contribution in [1.82, 2.24) is 4.98 Å². The second-order valence-electron chi connectivity index (χ2n) is 5.25. The van der Waals surface area contributed by atoms with E-state index < -0.39 is 5.82 Å². The van der Waals surface area contributed by atoms with Crippen LogP contribution < -0.4 is 9.47 Å². The Hall–Kier alpha value is -2.66. The molecule has 3 rings (SSSR count). The Morgan fingerprint density at radius 2 is 1.79 bits per heavy atom. The number of hydrogen-bond acceptors (Lipinski definition) is 4. The van der Waals surface area contributed by atoms with Crippen LogP contribution in [0.1, 0.15) is 5.56 Å². The van der Waals surface area contributed by atoms with Gasteiger partial charge in [-0.05, 0) is 29.8 Å². The van der Waals surface area contributed by atoms with E-state index in [2.05, 4.69) is 4.98 Å². The van der Waals surface area contributed by atoms with E-state index >= 15 is 0 Å². The molecule has 0 amide bonds. The average Bonchev–Trinajstić information content (AvgIpc) is 2.61. The van der Waals surface area contributed by atoms with Gasteiger partial charge < -0.3 is 14.2 Å². The minimum atomic E-state index is -0.501. The van der Waals surface area contributed by atoms with Gasteiger partial charge in [-0.15, -0.1) is 0 Å². The highest BCUT2D eigenvalue weighted by molar-refractivity contribution is 5.80. The fourth-order valence-corrected chi connectivity index (χ4v) is 2.26. The molecule has 0 N–H and O–H groups in total. The molecule has 0 radical (unpaired) electrons. The molecule has 0 aliphatic heterocycles. The molecular weight excluding hydrogens is 309 g/mol. The first-order chi connectivity index (χ1) is 11.8. The minimum absolute atomic E-state index is 0.0162. The highest BCUT2D eigenvalue weighted by atomic mass is 19.1.